The Bertz CT molecular complexity index is 677. The Morgan fingerprint density at radius 1 is 1.15 bits per heavy atom. The first-order valence-electron chi connectivity index (χ1n) is 9.38. The summed E-state index contributed by atoms with van der Waals surface area (Å²) in [7, 11) is -4.90. The minimum atomic E-state index is -3.84. The summed E-state index contributed by atoms with van der Waals surface area (Å²) in [6.45, 7) is 12.1. The van der Waals surface area contributed by atoms with E-state index in [1.807, 2.05) is 19.1 Å². The highest BCUT2D eigenvalue weighted by molar-refractivity contribution is 7.86. The third-order valence-corrected chi connectivity index (χ3v) is 6.98. The zero-order valence-electron chi connectivity index (χ0n) is 17.1. The highest BCUT2D eigenvalue weighted by Crippen LogP contribution is 2.14. The van der Waals surface area contributed by atoms with Gasteiger partial charge >= 0.3 is 0 Å². The smallest absolute Gasteiger partial charge is 0.297 e. The summed E-state index contributed by atoms with van der Waals surface area (Å²) in [6.07, 6.45) is 3.29. The number of rotatable bonds is 12. The fourth-order valence-electron chi connectivity index (χ4n) is 2.18. The molecule has 0 fully saturated rings. The second-order valence-electron chi connectivity index (χ2n) is 8.23. The van der Waals surface area contributed by atoms with Crippen LogP contribution in [-0.2, 0) is 19.0 Å². The van der Waals surface area contributed by atoms with Crippen LogP contribution in [0.4, 0.5) is 0 Å². The average molecular weight is 415 g/mol. The van der Waals surface area contributed by atoms with Gasteiger partial charge in [-0.15, -0.1) is 0 Å². The summed E-state index contributed by atoms with van der Waals surface area (Å²) >= 11 is 0. The molecule has 7 heteroatoms. The molecule has 2 atom stereocenters. The van der Waals surface area contributed by atoms with E-state index in [2.05, 4.69) is 26.6 Å². The molecule has 154 valence electrons. The molecular weight excluding hydrogens is 380 g/mol. The van der Waals surface area contributed by atoms with Crippen LogP contribution in [0.15, 0.2) is 41.3 Å². The van der Waals surface area contributed by atoms with Gasteiger partial charge in [0.2, 0.25) is 0 Å². The molecule has 27 heavy (non-hydrogen) atoms. The molecule has 1 aromatic rings. The third kappa shape index (κ3) is 10.8. The van der Waals surface area contributed by atoms with Crippen LogP contribution >= 0.6 is 0 Å². The molecule has 1 N–H and O–H groups in total. The molecule has 0 aliphatic heterocycles. The fraction of sp³-hybridized carbons (Fsp3) is 0.600. The van der Waals surface area contributed by atoms with Gasteiger partial charge in [0.25, 0.3) is 10.1 Å². The summed E-state index contributed by atoms with van der Waals surface area (Å²) in [5.41, 5.74) is 0.970. The molecule has 5 nitrogen and oxygen atoms in total. The van der Waals surface area contributed by atoms with Gasteiger partial charge < -0.3 is 9.84 Å². The van der Waals surface area contributed by atoms with E-state index in [1.165, 1.54) is 12.1 Å². The van der Waals surface area contributed by atoms with Crippen LogP contribution in [-0.4, -0.2) is 47.5 Å². The van der Waals surface area contributed by atoms with Gasteiger partial charge in [-0.3, -0.25) is 4.18 Å². The predicted molar refractivity (Wildman–Crippen MR) is 112 cm³/mol. The molecular formula is C20H34O5SSi. The monoisotopic (exact) mass is 414 g/mol. The van der Waals surface area contributed by atoms with E-state index in [0.29, 0.717) is 13.0 Å². The van der Waals surface area contributed by atoms with Crippen molar-refractivity contribution in [1.82, 2.24) is 0 Å². The maximum absolute atomic E-state index is 12.1. The minimum absolute atomic E-state index is 0.0972. The molecule has 0 bridgehead atoms. The van der Waals surface area contributed by atoms with Gasteiger partial charge in [-0.2, -0.15) is 8.42 Å². The van der Waals surface area contributed by atoms with Gasteiger partial charge in [-0.1, -0.05) is 56.4 Å². The van der Waals surface area contributed by atoms with Gasteiger partial charge in [-0.05, 0) is 37.4 Å². The molecule has 1 rings (SSSR count). The molecule has 0 aliphatic carbocycles. The molecule has 1 aromatic carbocycles. The maximum Gasteiger partial charge on any atom is 0.297 e. The van der Waals surface area contributed by atoms with Crippen molar-refractivity contribution in [2.24, 2.45) is 5.92 Å². The SMILES string of the molecule is Cc1ccc(S(=O)(=O)OC[C@H](O)C/C=C\[C@H](C)COCC[Si](C)(C)C)cc1. The van der Waals surface area contributed by atoms with E-state index < -0.39 is 24.3 Å². The van der Waals surface area contributed by atoms with Gasteiger partial charge in [0.15, 0.2) is 0 Å². The van der Waals surface area contributed by atoms with Crippen molar-refractivity contribution in [3.8, 4) is 0 Å². The summed E-state index contributed by atoms with van der Waals surface area (Å²) < 4.78 is 34.8. The second kappa shape index (κ2) is 11.1. The van der Waals surface area contributed by atoms with Crippen LogP contribution in [0.3, 0.4) is 0 Å². The van der Waals surface area contributed by atoms with Crippen LogP contribution in [0.25, 0.3) is 0 Å². The van der Waals surface area contributed by atoms with Crippen LogP contribution in [0.5, 0.6) is 0 Å². The van der Waals surface area contributed by atoms with Crippen molar-refractivity contribution in [3.05, 3.63) is 42.0 Å². The van der Waals surface area contributed by atoms with E-state index in [0.717, 1.165) is 18.2 Å². The molecule has 0 radical (unpaired) electrons. The zero-order chi connectivity index (χ0) is 20.5. The summed E-state index contributed by atoms with van der Waals surface area (Å²) in [6, 6.07) is 7.57. The molecule has 0 amide bonds. The largest absolute Gasteiger partial charge is 0.390 e. The van der Waals surface area contributed by atoms with Gasteiger partial charge in [-0.25, -0.2) is 0 Å². The zero-order valence-corrected chi connectivity index (χ0v) is 19.0. The first kappa shape index (κ1) is 24.0. The Kier molecular flexibility index (Phi) is 9.90. The standard InChI is InChI=1S/C20H34O5SSi/c1-17-9-11-20(12-10-17)26(22,23)25-16-19(21)8-6-7-18(2)15-24-13-14-27(3,4)5/h6-7,9-12,18-19,21H,8,13-16H2,1-5H3/b7-6-/t18-,19+/m0/s1. The van der Waals surface area contributed by atoms with Crippen molar-refractivity contribution in [2.75, 3.05) is 19.8 Å². The lowest BCUT2D eigenvalue weighted by Gasteiger charge is -2.16. The highest BCUT2D eigenvalue weighted by atomic mass is 32.2. The van der Waals surface area contributed by atoms with E-state index in [-0.39, 0.29) is 17.4 Å². The lowest BCUT2D eigenvalue weighted by molar-refractivity contribution is 0.112. The highest BCUT2D eigenvalue weighted by Gasteiger charge is 2.17. The summed E-state index contributed by atoms with van der Waals surface area (Å²) in [5.74, 6) is 0.246. The Balaban J connectivity index is 2.30. The molecule has 0 aliphatic rings. The quantitative estimate of drug-likeness (QED) is 0.242. The number of hydrogen-bond donors (Lipinski definition) is 1. The van der Waals surface area contributed by atoms with E-state index in [4.69, 9.17) is 8.92 Å². The van der Waals surface area contributed by atoms with Gasteiger partial charge in [0.1, 0.15) is 0 Å². The van der Waals surface area contributed by atoms with E-state index >= 15 is 0 Å². The summed E-state index contributed by atoms with van der Waals surface area (Å²) in [5, 5.41) is 9.95. The minimum Gasteiger partial charge on any atom is -0.390 e. The number of aliphatic hydroxyl groups excluding tert-OH is 1. The fourth-order valence-corrected chi connectivity index (χ4v) is 3.88. The average Bonchev–Trinajstić information content (AvgIpc) is 2.57. The number of hydrogen-bond acceptors (Lipinski definition) is 5. The van der Waals surface area contributed by atoms with Crippen molar-refractivity contribution >= 4 is 18.2 Å². The van der Waals surface area contributed by atoms with Crippen molar-refractivity contribution in [2.45, 2.75) is 57.0 Å². The van der Waals surface area contributed by atoms with E-state index in [9.17, 15) is 13.5 Å². The van der Waals surface area contributed by atoms with E-state index in [1.54, 1.807) is 12.1 Å². The third-order valence-electron chi connectivity index (χ3n) is 3.98. The molecule has 0 unspecified atom stereocenters. The molecule has 0 saturated heterocycles. The number of aryl methyl sites for hydroxylation is 1. The van der Waals surface area contributed by atoms with Crippen molar-refractivity contribution in [1.29, 1.82) is 0 Å². The number of benzene rings is 1. The Hall–Kier alpha value is -0.993. The first-order chi connectivity index (χ1) is 12.5. The summed E-state index contributed by atoms with van der Waals surface area (Å²) in [4.78, 5) is 0.0972. The van der Waals surface area contributed by atoms with Crippen LogP contribution in [0, 0.1) is 12.8 Å². The Morgan fingerprint density at radius 2 is 1.78 bits per heavy atom. The molecule has 0 saturated carbocycles. The first-order valence-corrected chi connectivity index (χ1v) is 14.5. The predicted octanol–water partition coefficient (Wildman–Crippen LogP) is 4.00. The topological polar surface area (TPSA) is 72.8 Å². The molecule has 0 heterocycles. The van der Waals surface area contributed by atoms with Gasteiger partial charge in [0, 0.05) is 14.7 Å². The lowest BCUT2D eigenvalue weighted by atomic mass is 10.1. The number of aliphatic hydroxyl groups is 1. The Morgan fingerprint density at radius 3 is 2.37 bits per heavy atom. The normalized spacial score (nSPS) is 15.2. The molecule has 0 spiro atoms. The van der Waals surface area contributed by atoms with Crippen LogP contribution in [0.1, 0.15) is 18.9 Å². The van der Waals surface area contributed by atoms with Crippen LogP contribution < -0.4 is 0 Å². The molecule has 0 aromatic heterocycles. The Labute approximate surface area is 165 Å². The van der Waals surface area contributed by atoms with Crippen molar-refractivity contribution < 1.29 is 22.4 Å². The lowest BCUT2D eigenvalue weighted by Crippen LogP contribution is -2.22. The van der Waals surface area contributed by atoms with Crippen molar-refractivity contribution in [3.63, 3.8) is 0 Å². The maximum atomic E-state index is 12.1. The number of ether oxygens (including phenoxy) is 1. The van der Waals surface area contributed by atoms with Gasteiger partial charge in [0.05, 0.1) is 24.2 Å². The van der Waals surface area contributed by atoms with Crippen LogP contribution in [0.2, 0.25) is 25.7 Å². The second-order valence-corrected chi connectivity index (χ2v) is 15.5.